The van der Waals surface area contributed by atoms with Gasteiger partial charge in [0.2, 0.25) is 5.91 Å². The van der Waals surface area contributed by atoms with Crippen molar-refractivity contribution in [2.24, 2.45) is 10.7 Å². The summed E-state index contributed by atoms with van der Waals surface area (Å²) in [7, 11) is 0. The Morgan fingerprint density at radius 3 is 2.77 bits per heavy atom. The SMILES string of the molecule is CCCC(=O)N/C(C=C(C)C)=C/C(=C\N)c1cc2c(cn1)CCN=C2c1nc2c(-c3cccnc3)nccc2[nH]1. The fourth-order valence-electron chi connectivity index (χ4n) is 4.65. The molecule has 0 unspecified atom stereocenters. The minimum atomic E-state index is -0.0412. The number of aromatic amines is 1. The van der Waals surface area contributed by atoms with E-state index in [4.69, 9.17) is 20.7 Å². The first kappa shape index (κ1) is 26.7. The van der Waals surface area contributed by atoms with E-state index in [1.807, 2.05) is 63.4 Å². The molecule has 0 bridgehead atoms. The van der Waals surface area contributed by atoms with Crippen LogP contribution in [0.1, 0.15) is 56.3 Å². The molecular formula is C31H32N8O. The maximum absolute atomic E-state index is 12.3. The van der Waals surface area contributed by atoms with Crippen LogP contribution in [-0.2, 0) is 11.2 Å². The molecule has 0 radical (unpaired) electrons. The van der Waals surface area contributed by atoms with Crippen LogP contribution in [0.3, 0.4) is 0 Å². The fourth-order valence-corrected chi connectivity index (χ4v) is 4.65. The molecule has 5 rings (SSSR count). The van der Waals surface area contributed by atoms with Gasteiger partial charge in [-0.2, -0.15) is 0 Å². The molecule has 0 aliphatic carbocycles. The van der Waals surface area contributed by atoms with Gasteiger partial charge in [0.15, 0.2) is 5.82 Å². The van der Waals surface area contributed by atoms with E-state index in [2.05, 4.69) is 20.3 Å². The van der Waals surface area contributed by atoms with E-state index in [9.17, 15) is 4.79 Å². The van der Waals surface area contributed by atoms with Gasteiger partial charge in [-0.1, -0.05) is 12.5 Å². The van der Waals surface area contributed by atoms with Gasteiger partial charge in [0, 0.05) is 66.3 Å². The summed E-state index contributed by atoms with van der Waals surface area (Å²) < 4.78 is 0. The highest BCUT2D eigenvalue weighted by Crippen LogP contribution is 2.28. The Morgan fingerprint density at radius 1 is 1.15 bits per heavy atom. The van der Waals surface area contributed by atoms with Crippen molar-refractivity contribution in [2.75, 3.05) is 6.54 Å². The van der Waals surface area contributed by atoms with Crippen LogP contribution in [0.15, 0.2) is 83.7 Å². The van der Waals surface area contributed by atoms with E-state index in [1.165, 1.54) is 6.20 Å². The van der Waals surface area contributed by atoms with Crippen LogP contribution in [0.2, 0.25) is 0 Å². The van der Waals surface area contributed by atoms with Crippen molar-refractivity contribution < 1.29 is 4.79 Å². The molecule has 9 heteroatoms. The molecule has 9 nitrogen and oxygen atoms in total. The summed E-state index contributed by atoms with van der Waals surface area (Å²) in [6.07, 6.45) is 14.4. The number of allylic oxidation sites excluding steroid dienone is 4. The van der Waals surface area contributed by atoms with E-state index < -0.39 is 0 Å². The van der Waals surface area contributed by atoms with Gasteiger partial charge in [-0.25, -0.2) is 4.98 Å². The number of imidazole rings is 1. The lowest BCUT2D eigenvalue weighted by molar-refractivity contribution is -0.120. The number of pyridine rings is 3. The highest BCUT2D eigenvalue weighted by atomic mass is 16.1. The highest BCUT2D eigenvalue weighted by molar-refractivity contribution is 6.14. The Morgan fingerprint density at radius 2 is 2.02 bits per heavy atom. The number of fused-ring (bicyclic) bond motifs is 2. The molecule has 1 aliphatic rings. The number of rotatable bonds is 8. The Labute approximate surface area is 233 Å². The molecule has 0 fully saturated rings. The predicted octanol–water partition coefficient (Wildman–Crippen LogP) is 4.87. The van der Waals surface area contributed by atoms with Gasteiger partial charge < -0.3 is 16.0 Å². The predicted molar refractivity (Wildman–Crippen MR) is 158 cm³/mol. The topological polar surface area (TPSA) is 135 Å². The third kappa shape index (κ3) is 5.73. The van der Waals surface area contributed by atoms with E-state index in [-0.39, 0.29) is 5.91 Å². The number of nitrogens with one attached hydrogen (secondary N) is 2. The smallest absolute Gasteiger partial charge is 0.224 e. The molecule has 0 atom stereocenters. The molecule has 0 spiro atoms. The Kier molecular flexibility index (Phi) is 7.91. The highest BCUT2D eigenvalue weighted by Gasteiger charge is 2.22. The summed E-state index contributed by atoms with van der Waals surface area (Å²) >= 11 is 0. The van der Waals surface area contributed by atoms with Crippen LogP contribution in [0.5, 0.6) is 0 Å². The number of aromatic nitrogens is 5. The van der Waals surface area contributed by atoms with Gasteiger partial charge in [0.25, 0.3) is 0 Å². The molecular weight excluding hydrogens is 500 g/mol. The molecule has 4 N–H and O–H groups in total. The average molecular weight is 533 g/mol. The second-order valence-corrected chi connectivity index (χ2v) is 9.83. The van der Waals surface area contributed by atoms with Gasteiger partial charge in [-0.15, -0.1) is 0 Å². The number of carbonyl (C=O) groups excluding carboxylic acids is 1. The number of hydrogen-bond donors (Lipinski definition) is 3. The Bertz CT molecular complexity index is 1670. The molecule has 4 aromatic rings. The number of nitrogens with two attached hydrogens (primary N) is 1. The Balaban J connectivity index is 1.54. The molecule has 0 saturated carbocycles. The van der Waals surface area contributed by atoms with Crippen molar-refractivity contribution in [1.82, 2.24) is 30.2 Å². The van der Waals surface area contributed by atoms with Gasteiger partial charge in [0.1, 0.15) is 11.2 Å². The van der Waals surface area contributed by atoms with E-state index in [0.717, 1.165) is 57.5 Å². The zero-order chi connectivity index (χ0) is 28.1. The molecule has 0 aromatic carbocycles. The maximum atomic E-state index is 12.3. The van der Waals surface area contributed by atoms with E-state index >= 15 is 0 Å². The van der Waals surface area contributed by atoms with E-state index in [1.54, 1.807) is 18.6 Å². The minimum Gasteiger partial charge on any atom is -0.404 e. The fraction of sp³-hybridized carbons (Fsp3) is 0.226. The third-order valence-electron chi connectivity index (χ3n) is 6.44. The van der Waals surface area contributed by atoms with Gasteiger partial charge >= 0.3 is 0 Å². The Hall–Kier alpha value is -4.92. The molecule has 4 aromatic heterocycles. The molecule has 1 amide bonds. The minimum absolute atomic E-state index is 0.0412. The normalized spacial score (nSPS) is 13.5. The van der Waals surface area contributed by atoms with Gasteiger partial charge in [-0.05, 0) is 68.7 Å². The second kappa shape index (κ2) is 11.9. The summed E-state index contributed by atoms with van der Waals surface area (Å²) in [5.74, 6) is 0.623. The summed E-state index contributed by atoms with van der Waals surface area (Å²) in [5, 5.41) is 2.99. The first-order valence-corrected chi connectivity index (χ1v) is 13.3. The lowest BCUT2D eigenvalue weighted by Gasteiger charge is -2.17. The number of nitrogens with zero attached hydrogens (tertiary/aromatic N) is 5. The van der Waals surface area contributed by atoms with Crippen molar-refractivity contribution in [2.45, 2.75) is 40.0 Å². The lowest BCUT2D eigenvalue weighted by Crippen LogP contribution is -2.21. The lowest BCUT2D eigenvalue weighted by atomic mass is 9.96. The van der Waals surface area contributed by atoms with Crippen LogP contribution in [-0.4, -0.2) is 43.1 Å². The molecule has 40 heavy (non-hydrogen) atoms. The van der Waals surface area contributed by atoms with Crippen LogP contribution >= 0.6 is 0 Å². The van der Waals surface area contributed by atoms with Crippen molar-refractivity contribution in [1.29, 1.82) is 0 Å². The van der Waals surface area contributed by atoms with Crippen LogP contribution in [0, 0.1) is 0 Å². The number of amides is 1. The standard InChI is InChI=1S/C31H32N8O/c1-4-6-27(40)37-23(13-19(2)3)14-22(16-32)26-15-24-20(18-36-26)8-11-35-29(24)31-38-25-9-12-34-28(30(25)39-31)21-7-5-10-33-17-21/h5,7,9-10,12-18H,4,6,8,11,32H2,1-3H3,(H,37,40)(H,38,39)/b22-16+,23-14+. The van der Waals surface area contributed by atoms with Crippen LogP contribution in [0.25, 0.3) is 27.9 Å². The summed E-state index contributed by atoms with van der Waals surface area (Å²) in [6.45, 7) is 6.58. The van der Waals surface area contributed by atoms with Crippen LogP contribution in [0.4, 0.5) is 0 Å². The summed E-state index contributed by atoms with van der Waals surface area (Å²) in [5.41, 5.74) is 15.2. The van der Waals surface area contributed by atoms with Crippen molar-refractivity contribution in [3.63, 3.8) is 0 Å². The quantitative estimate of drug-likeness (QED) is 0.277. The van der Waals surface area contributed by atoms with Crippen molar-refractivity contribution in [3.8, 4) is 11.3 Å². The van der Waals surface area contributed by atoms with Crippen LogP contribution < -0.4 is 11.1 Å². The zero-order valence-corrected chi connectivity index (χ0v) is 22.9. The summed E-state index contributed by atoms with van der Waals surface area (Å²) in [4.78, 5) is 39.1. The average Bonchev–Trinajstić information content (AvgIpc) is 3.40. The molecule has 5 heterocycles. The number of hydrogen-bond acceptors (Lipinski definition) is 7. The van der Waals surface area contributed by atoms with Gasteiger partial charge in [-0.3, -0.25) is 24.7 Å². The number of aliphatic imine (C=N–C) groups is 1. The van der Waals surface area contributed by atoms with E-state index in [0.29, 0.717) is 35.8 Å². The van der Waals surface area contributed by atoms with Gasteiger partial charge in [0.05, 0.1) is 16.9 Å². The maximum Gasteiger partial charge on any atom is 0.224 e. The number of carbonyl (C=O) groups is 1. The molecule has 1 aliphatic heterocycles. The largest absolute Gasteiger partial charge is 0.404 e. The third-order valence-corrected chi connectivity index (χ3v) is 6.44. The zero-order valence-electron chi connectivity index (χ0n) is 22.9. The number of H-pyrrole nitrogens is 1. The second-order valence-electron chi connectivity index (χ2n) is 9.83. The molecule has 0 saturated heterocycles. The van der Waals surface area contributed by atoms with Crippen molar-refractivity contribution >= 4 is 28.2 Å². The molecule has 202 valence electrons. The monoisotopic (exact) mass is 532 g/mol. The first-order chi connectivity index (χ1) is 19.5. The summed E-state index contributed by atoms with van der Waals surface area (Å²) in [6, 6.07) is 7.75. The first-order valence-electron chi connectivity index (χ1n) is 13.3. The van der Waals surface area contributed by atoms with Crippen molar-refractivity contribution in [3.05, 3.63) is 101 Å².